The minimum atomic E-state index is -1.09. The molecule has 0 saturated carbocycles. The molecule has 2 aromatic carbocycles. The quantitative estimate of drug-likeness (QED) is 0.801. The van der Waals surface area contributed by atoms with Crippen LogP contribution in [0.15, 0.2) is 42.5 Å². The molecule has 0 fully saturated rings. The largest absolute Gasteiger partial charge is 0.452 e. The fourth-order valence-electron chi connectivity index (χ4n) is 1.91. The predicted octanol–water partition coefficient (Wildman–Crippen LogP) is 4.25. The van der Waals surface area contributed by atoms with Crippen molar-refractivity contribution in [2.75, 3.05) is 5.32 Å². The molecule has 0 aliphatic carbocycles. The second-order valence-electron chi connectivity index (χ2n) is 5.01. The molecule has 0 unspecified atom stereocenters. The van der Waals surface area contributed by atoms with Crippen molar-refractivity contribution < 1.29 is 18.7 Å². The first-order valence-corrected chi connectivity index (χ1v) is 7.81. The van der Waals surface area contributed by atoms with Crippen LogP contribution in [-0.2, 0) is 20.7 Å². The van der Waals surface area contributed by atoms with Crippen molar-refractivity contribution in [3.63, 3.8) is 0 Å². The molecule has 126 valence electrons. The normalized spacial score (nSPS) is 11.7. The standard InChI is InChI=1S/C17H14Cl2FNO3/c1-10(17(23)21-15-7-6-12(18)9-14(15)20)24-16(22)8-11-4-2-3-5-13(11)19/h2-7,9-10H,8H2,1H3,(H,21,23)/t10-/m0/s1. The highest BCUT2D eigenvalue weighted by atomic mass is 35.5. The van der Waals surface area contributed by atoms with Crippen LogP contribution >= 0.6 is 23.2 Å². The van der Waals surface area contributed by atoms with E-state index in [4.69, 9.17) is 27.9 Å². The van der Waals surface area contributed by atoms with Crippen LogP contribution in [0.1, 0.15) is 12.5 Å². The molecule has 2 aromatic rings. The number of hydrogen-bond donors (Lipinski definition) is 1. The average molecular weight is 370 g/mol. The fraction of sp³-hybridized carbons (Fsp3) is 0.176. The van der Waals surface area contributed by atoms with E-state index in [1.54, 1.807) is 24.3 Å². The molecule has 0 spiro atoms. The maximum Gasteiger partial charge on any atom is 0.311 e. The molecule has 7 heteroatoms. The zero-order chi connectivity index (χ0) is 17.7. The molecule has 4 nitrogen and oxygen atoms in total. The Labute approximate surface area is 148 Å². The monoisotopic (exact) mass is 369 g/mol. The summed E-state index contributed by atoms with van der Waals surface area (Å²) in [5.41, 5.74) is 0.555. The Morgan fingerprint density at radius 2 is 1.92 bits per heavy atom. The average Bonchev–Trinajstić information content (AvgIpc) is 2.52. The molecule has 0 radical (unpaired) electrons. The molecule has 24 heavy (non-hydrogen) atoms. The number of rotatable bonds is 5. The van der Waals surface area contributed by atoms with Gasteiger partial charge in [-0.3, -0.25) is 9.59 Å². The van der Waals surface area contributed by atoms with Gasteiger partial charge in [0.2, 0.25) is 0 Å². The van der Waals surface area contributed by atoms with Gasteiger partial charge in [-0.25, -0.2) is 4.39 Å². The van der Waals surface area contributed by atoms with Crippen LogP contribution in [0.5, 0.6) is 0 Å². The summed E-state index contributed by atoms with van der Waals surface area (Å²) < 4.78 is 18.7. The summed E-state index contributed by atoms with van der Waals surface area (Å²) in [6, 6.07) is 10.7. The fourth-order valence-corrected chi connectivity index (χ4v) is 2.28. The lowest BCUT2D eigenvalue weighted by Gasteiger charge is -2.14. The molecule has 1 N–H and O–H groups in total. The van der Waals surface area contributed by atoms with Gasteiger partial charge in [-0.05, 0) is 36.8 Å². The summed E-state index contributed by atoms with van der Waals surface area (Å²) in [6.45, 7) is 1.40. The Balaban J connectivity index is 1.93. The highest BCUT2D eigenvalue weighted by Crippen LogP contribution is 2.19. The molecule has 0 saturated heterocycles. The van der Waals surface area contributed by atoms with E-state index in [1.165, 1.54) is 19.1 Å². The summed E-state index contributed by atoms with van der Waals surface area (Å²) in [5, 5.41) is 2.99. The molecule has 0 heterocycles. The molecule has 0 aliphatic heterocycles. The number of amides is 1. The van der Waals surface area contributed by atoms with Crippen LogP contribution in [0, 0.1) is 5.82 Å². The van der Waals surface area contributed by atoms with Crippen molar-refractivity contribution >= 4 is 40.8 Å². The summed E-state index contributed by atoms with van der Waals surface area (Å²) >= 11 is 11.6. The van der Waals surface area contributed by atoms with Gasteiger partial charge in [-0.15, -0.1) is 0 Å². The summed E-state index contributed by atoms with van der Waals surface area (Å²) in [7, 11) is 0. The van der Waals surface area contributed by atoms with Gasteiger partial charge < -0.3 is 10.1 Å². The maximum atomic E-state index is 13.6. The van der Waals surface area contributed by atoms with Crippen LogP contribution in [-0.4, -0.2) is 18.0 Å². The van der Waals surface area contributed by atoms with Gasteiger partial charge in [-0.1, -0.05) is 41.4 Å². The molecule has 0 aromatic heterocycles. The molecule has 2 rings (SSSR count). The molecule has 0 bridgehead atoms. The van der Waals surface area contributed by atoms with Gasteiger partial charge in [0.15, 0.2) is 6.10 Å². The van der Waals surface area contributed by atoms with E-state index in [0.29, 0.717) is 10.6 Å². The van der Waals surface area contributed by atoms with Gasteiger partial charge in [-0.2, -0.15) is 0 Å². The van der Waals surface area contributed by atoms with Crippen molar-refractivity contribution in [3.8, 4) is 0 Å². The lowest BCUT2D eigenvalue weighted by atomic mass is 10.1. The number of carbonyl (C=O) groups excluding carboxylic acids is 2. The Morgan fingerprint density at radius 1 is 1.21 bits per heavy atom. The third-order valence-corrected chi connectivity index (χ3v) is 3.76. The van der Waals surface area contributed by atoms with E-state index in [1.807, 2.05) is 0 Å². The zero-order valence-electron chi connectivity index (χ0n) is 12.7. The number of halogens is 3. The number of carbonyl (C=O) groups is 2. The smallest absolute Gasteiger partial charge is 0.311 e. The van der Waals surface area contributed by atoms with Gasteiger partial charge >= 0.3 is 5.97 Å². The first-order valence-electron chi connectivity index (χ1n) is 7.05. The van der Waals surface area contributed by atoms with E-state index in [9.17, 15) is 14.0 Å². The maximum absolute atomic E-state index is 13.6. The van der Waals surface area contributed by atoms with Crippen molar-refractivity contribution in [1.82, 2.24) is 0 Å². The highest BCUT2D eigenvalue weighted by Gasteiger charge is 2.19. The summed E-state index contributed by atoms with van der Waals surface area (Å²) in [6.07, 6.45) is -1.15. The van der Waals surface area contributed by atoms with Crippen molar-refractivity contribution in [1.29, 1.82) is 0 Å². The highest BCUT2D eigenvalue weighted by molar-refractivity contribution is 6.31. The van der Waals surface area contributed by atoms with Crippen molar-refractivity contribution in [2.24, 2.45) is 0 Å². The zero-order valence-corrected chi connectivity index (χ0v) is 14.2. The van der Waals surface area contributed by atoms with Crippen LogP contribution in [0.25, 0.3) is 0 Å². The van der Waals surface area contributed by atoms with Gasteiger partial charge in [0, 0.05) is 10.0 Å². The number of nitrogens with one attached hydrogen (secondary N) is 1. The first kappa shape index (κ1) is 18.2. The lowest BCUT2D eigenvalue weighted by Crippen LogP contribution is -2.30. The van der Waals surface area contributed by atoms with E-state index in [0.717, 1.165) is 6.07 Å². The SMILES string of the molecule is C[C@H](OC(=O)Cc1ccccc1Cl)C(=O)Nc1ccc(Cl)cc1F. The van der Waals surface area contributed by atoms with E-state index in [-0.39, 0.29) is 17.1 Å². The number of anilines is 1. The first-order chi connectivity index (χ1) is 11.4. The molecular weight excluding hydrogens is 356 g/mol. The Hall–Kier alpha value is -2.11. The molecular formula is C17H14Cl2FNO3. The summed E-state index contributed by atoms with van der Waals surface area (Å²) in [5.74, 6) is -1.93. The second-order valence-corrected chi connectivity index (χ2v) is 5.86. The van der Waals surface area contributed by atoms with Gasteiger partial charge in [0.05, 0.1) is 12.1 Å². The van der Waals surface area contributed by atoms with Crippen LogP contribution in [0.4, 0.5) is 10.1 Å². The lowest BCUT2D eigenvalue weighted by molar-refractivity contribution is -0.152. The third-order valence-electron chi connectivity index (χ3n) is 3.16. The van der Waals surface area contributed by atoms with E-state index < -0.39 is 23.8 Å². The van der Waals surface area contributed by atoms with Crippen LogP contribution in [0.2, 0.25) is 10.0 Å². The Kier molecular flexibility index (Phi) is 6.17. The number of hydrogen-bond acceptors (Lipinski definition) is 3. The molecule has 0 aliphatic rings. The Bertz CT molecular complexity index is 767. The minimum absolute atomic E-state index is 0.0431. The minimum Gasteiger partial charge on any atom is -0.452 e. The van der Waals surface area contributed by atoms with Crippen LogP contribution in [0.3, 0.4) is 0 Å². The van der Waals surface area contributed by atoms with Crippen LogP contribution < -0.4 is 5.32 Å². The van der Waals surface area contributed by atoms with E-state index >= 15 is 0 Å². The van der Waals surface area contributed by atoms with Crippen molar-refractivity contribution in [2.45, 2.75) is 19.4 Å². The second kappa shape index (κ2) is 8.13. The van der Waals surface area contributed by atoms with Gasteiger partial charge in [0.1, 0.15) is 5.82 Å². The number of benzene rings is 2. The molecule has 1 atom stereocenters. The van der Waals surface area contributed by atoms with Crippen molar-refractivity contribution in [3.05, 3.63) is 63.9 Å². The van der Waals surface area contributed by atoms with E-state index in [2.05, 4.69) is 5.32 Å². The predicted molar refractivity (Wildman–Crippen MR) is 90.7 cm³/mol. The number of ether oxygens (including phenoxy) is 1. The van der Waals surface area contributed by atoms with Gasteiger partial charge in [0.25, 0.3) is 5.91 Å². The molecule has 1 amide bonds. The number of esters is 1. The topological polar surface area (TPSA) is 55.4 Å². The summed E-state index contributed by atoms with van der Waals surface area (Å²) in [4.78, 5) is 23.9. The third kappa shape index (κ3) is 4.94. The Morgan fingerprint density at radius 3 is 2.58 bits per heavy atom.